The zero-order chi connectivity index (χ0) is 22.1. The highest BCUT2D eigenvalue weighted by Gasteiger charge is 2.44. The Morgan fingerprint density at radius 2 is 2.03 bits per heavy atom. The fourth-order valence-electron chi connectivity index (χ4n) is 3.91. The van der Waals surface area contributed by atoms with Crippen LogP contribution in [0.5, 0.6) is 0 Å². The second kappa shape index (κ2) is 8.98. The molecule has 6 nitrogen and oxygen atoms in total. The zero-order valence-electron chi connectivity index (χ0n) is 17.3. The monoisotopic (exact) mass is 502 g/mol. The van der Waals surface area contributed by atoms with Crippen LogP contribution in [0.2, 0.25) is 0 Å². The molecule has 3 aromatic rings. The number of hydrogen-bond acceptors (Lipinski definition) is 6. The molecule has 0 radical (unpaired) electrons. The minimum absolute atomic E-state index is 0.0742. The zero-order valence-corrected chi connectivity index (χ0v) is 19.7. The van der Waals surface area contributed by atoms with Crippen molar-refractivity contribution in [2.24, 2.45) is 0 Å². The fraction of sp³-hybridized carbons (Fsp3) is 0.304. The molecule has 1 N–H and O–H groups in total. The average Bonchev–Trinajstić information content (AvgIpc) is 3.48. The van der Waals surface area contributed by atoms with Gasteiger partial charge in [0.25, 0.3) is 5.91 Å². The highest BCUT2D eigenvalue weighted by Crippen LogP contribution is 2.41. The lowest BCUT2D eigenvalue weighted by Gasteiger charge is -2.28. The molecule has 2 aromatic heterocycles. The van der Waals surface area contributed by atoms with E-state index in [1.54, 1.807) is 17.0 Å². The van der Waals surface area contributed by atoms with Gasteiger partial charge in [-0.3, -0.25) is 9.59 Å². The molecular formula is C23H23BrN2O4S. The standard InChI is InChI=1S/C23H23BrN2O4S/c1-3-25(4-2)9-10-26-20(18-6-5-11-31-18)19(22(28)23(26)29)21(27)17-13-14-12-15(24)7-8-16(14)30-17/h5-8,11-13,20,28H,3-4,9-10H2,1-2H3. The predicted molar refractivity (Wildman–Crippen MR) is 124 cm³/mol. The van der Waals surface area contributed by atoms with E-state index >= 15 is 0 Å². The Balaban J connectivity index is 1.71. The molecule has 4 rings (SSSR count). The quantitative estimate of drug-likeness (QED) is 0.429. The summed E-state index contributed by atoms with van der Waals surface area (Å²) < 4.78 is 6.64. The molecule has 3 heterocycles. The van der Waals surface area contributed by atoms with Crippen LogP contribution < -0.4 is 0 Å². The number of halogens is 1. The van der Waals surface area contributed by atoms with Crippen LogP contribution in [-0.2, 0) is 4.79 Å². The molecule has 0 fully saturated rings. The third-order valence-corrected chi connectivity index (χ3v) is 7.03. The maximum absolute atomic E-state index is 13.5. The number of carbonyl (C=O) groups excluding carboxylic acids is 2. The van der Waals surface area contributed by atoms with Gasteiger partial charge < -0.3 is 19.3 Å². The summed E-state index contributed by atoms with van der Waals surface area (Å²) in [4.78, 5) is 31.1. The number of ketones is 1. The Hall–Kier alpha value is -2.42. The largest absolute Gasteiger partial charge is 0.503 e. The number of rotatable bonds is 8. The molecule has 31 heavy (non-hydrogen) atoms. The molecule has 0 aliphatic carbocycles. The number of Topliss-reactive ketones (excluding diaryl/α,β-unsaturated/α-hetero) is 1. The normalized spacial score (nSPS) is 16.8. The van der Waals surface area contributed by atoms with E-state index < -0.39 is 23.5 Å². The van der Waals surface area contributed by atoms with Gasteiger partial charge in [-0.1, -0.05) is 35.8 Å². The number of hydrogen-bond donors (Lipinski definition) is 1. The molecule has 1 atom stereocenters. The van der Waals surface area contributed by atoms with Crippen molar-refractivity contribution < 1.29 is 19.1 Å². The van der Waals surface area contributed by atoms with Crippen LogP contribution in [0, 0.1) is 0 Å². The van der Waals surface area contributed by atoms with E-state index in [4.69, 9.17) is 4.42 Å². The SMILES string of the molecule is CCN(CC)CCN1C(=O)C(O)=C(C(=O)c2cc3cc(Br)ccc3o2)C1c1cccs1. The lowest BCUT2D eigenvalue weighted by atomic mass is 10.00. The summed E-state index contributed by atoms with van der Waals surface area (Å²) in [6.45, 7) is 6.93. The van der Waals surface area contributed by atoms with Crippen molar-refractivity contribution in [2.75, 3.05) is 26.2 Å². The first-order chi connectivity index (χ1) is 14.9. The number of likely N-dealkylation sites (N-methyl/N-ethyl adjacent to an activating group) is 1. The summed E-state index contributed by atoms with van der Waals surface area (Å²) in [6, 6.07) is 10.2. The van der Waals surface area contributed by atoms with Crippen molar-refractivity contribution in [3.05, 3.63) is 68.2 Å². The second-order valence-corrected chi connectivity index (χ2v) is 9.22. The van der Waals surface area contributed by atoms with Crippen molar-refractivity contribution in [1.29, 1.82) is 0 Å². The van der Waals surface area contributed by atoms with Gasteiger partial charge in [0, 0.05) is 27.8 Å². The van der Waals surface area contributed by atoms with Crippen molar-refractivity contribution in [3.63, 3.8) is 0 Å². The van der Waals surface area contributed by atoms with Gasteiger partial charge in [-0.2, -0.15) is 0 Å². The van der Waals surface area contributed by atoms with Crippen molar-refractivity contribution in [3.8, 4) is 0 Å². The van der Waals surface area contributed by atoms with Crippen LogP contribution in [0.4, 0.5) is 0 Å². The van der Waals surface area contributed by atoms with Gasteiger partial charge in [0.15, 0.2) is 11.5 Å². The van der Waals surface area contributed by atoms with Crippen molar-refractivity contribution in [1.82, 2.24) is 9.80 Å². The van der Waals surface area contributed by atoms with Crippen LogP contribution in [0.25, 0.3) is 11.0 Å². The van der Waals surface area contributed by atoms with Gasteiger partial charge in [-0.05, 0) is 48.8 Å². The van der Waals surface area contributed by atoms with Gasteiger partial charge in [0.2, 0.25) is 5.78 Å². The summed E-state index contributed by atoms with van der Waals surface area (Å²) >= 11 is 4.87. The number of amides is 1. The summed E-state index contributed by atoms with van der Waals surface area (Å²) in [6.07, 6.45) is 0. The first kappa shape index (κ1) is 21.8. The molecule has 0 saturated carbocycles. The van der Waals surface area contributed by atoms with E-state index in [-0.39, 0.29) is 11.3 Å². The van der Waals surface area contributed by atoms with Crippen molar-refractivity contribution >= 4 is 49.9 Å². The molecule has 1 aliphatic rings. The van der Waals surface area contributed by atoms with Gasteiger partial charge in [-0.15, -0.1) is 11.3 Å². The third kappa shape index (κ3) is 4.07. The fourth-order valence-corrected chi connectivity index (χ4v) is 5.13. The van der Waals surface area contributed by atoms with Gasteiger partial charge >= 0.3 is 0 Å². The number of thiophene rings is 1. The molecule has 0 spiro atoms. The van der Waals surface area contributed by atoms with Gasteiger partial charge in [0.1, 0.15) is 5.58 Å². The highest BCUT2D eigenvalue weighted by atomic mass is 79.9. The Labute approximate surface area is 192 Å². The maximum atomic E-state index is 13.5. The Morgan fingerprint density at radius 3 is 2.71 bits per heavy atom. The molecule has 1 aliphatic heterocycles. The van der Waals surface area contributed by atoms with E-state index in [1.807, 2.05) is 29.6 Å². The van der Waals surface area contributed by atoms with Crippen LogP contribution >= 0.6 is 27.3 Å². The molecule has 0 bridgehead atoms. The molecule has 0 saturated heterocycles. The molecule has 1 unspecified atom stereocenters. The van der Waals surface area contributed by atoms with Crippen LogP contribution in [0.1, 0.15) is 35.3 Å². The summed E-state index contributed by atoms with van der Waals surface area (Å²) in [7, 11) is 0. The van der Waals surface area contributed by atoms with Gasteiger partial charge in [0.05, 0.1) is 11.6 Å². The minimum Gasteiger partial charge on any atom is -0.503 e. The summed E-state index contributed by atoms with van der Waals surface area (Å²) in [5, 5.41) is 13.4. The minimum atomic E-state index is -0.629. The number of benzene rings is 1. The lowest BCUT2D eigenvalue weighted by Crippen LogP contribution is -2.38. The van der Waals surface area contributed by atoms with E-state index in [0.29, 0.717) is 18.7 Å². The summed E-state index contributed by atoms with van der Waals surface area (Å²) in [5.41, 5.74) is 0.646. The number of nitrogens with zero attached hydrogens (tertiary/aromatic N) is 2. The Morgan fingerprint density at radius 1 is 1.26 bits per heavy atom. The number of aliphatic hydroxyl groups is 1. The highest BCUT2D eigenvalue weighted by molar-refractivity contribution is 9.10. The third-order valence-electron chi connectivity index (χ3n) is 5.61. The number of carbonyl (C=O) groups is 2. The molecule has 1 amide bonds. The summed E-state index contributed by atoms with van der Waals surface area (Å²) in [5.74, 6) is -1.38. The van der Waals surface area contributed by atoms with Gasteiger partial charge in [-0.25, -0.2) is 0 Å². The predicted octanol–water partition coefficient (Wildman–Crippen LogP) is 5.18. The molecule has 162 valence electrons. The van der Waals surface area contributed by atoms with E-state index in [0.717, 1.165) is 27.8 Å². The average molecular weight is 503 g/mol. The molecule has 1 aromatic carbocycles. The molecule has 8 heteroatoms. The molecular weight excluding hydrogens is 480 g/mol. The van der Waals surface area contributed by atoms with E-state index in [9.17, 15) is 14.7 Å². The first-order valence-electron chi connectivity index (χ1n) is 10.2. The van der Waals surface area contributed by atoms with E-state index in [1.165, 1.54) is 11.3 Å². The number of aliphatic hydroxyl groups excluding tert-OH is 1. The van der Waals surface area contributed by atoms with Crippen LogP contribution in [-0.4, -0.2) is 52.8 Å². The number of furan rings is 1. The Kier molecular flexibility index (Phi) is 6.31. The lowest BCUT2D eigenvalue weighted by molar-refractivity contribution is -0.129. The maximum Gasteiger partial charge on any atom is 0.290 e. The van der Waals surface area contributed by atoms with E-state index in [2.05, 4.69) is 34.7 Å². The topological polar surface area (TPSA) is 74.0 Å². The van der Waals surface area contributed by atoms with Crippen molar-refractivity contribution in [2.45, 2.75) is 19.9 Å². The number of fused-ring (bicyclic) bond motifs is 1. The second-order valence-electron chi connectivity index (χ2n) is 7.33. The van der Waals surface area contributed by atoms with Crippen LogP contribution in [0.15, 0.2) is 62.0 Å². The smallest absolute Gasteiger partial charge is 0.290 e. The van der Waals surface area contributed by atoms with Crippen LogP contribution in [0.3, 0.4) is 0 Å². The first-order valence-corrected chi connectivity index (χ1v) is 11.9. The Bertz CT molecular complexity index is 1150.